The van der Waals surface area contributed by atoms with E-state index >= 15 is 0 Å². The first kappa shape index (κ1) is 18.7. The summed E-state index contributed by atoms with van der Waals surface area (Å²) in [5.74, 6) is -0.418. The molecule has 1 fully saturated rings. The van der Waals surface area contributed by atoms with E-state index in [4.69, 9.17) is 9.47 Å². The molecular weight excluding hydrogens is 350 g/mol. The second-order valence-corrected chi connectivity index (χ2v) is 6.30. The van der Waals surface area contributed by atoms with Crippen molar-refractivity contribution >= 4 is 17.7 Å². The highest BCUT2D eigenvalue weighted by Crippen LogP contribution is 2.15. The number of nitrogens with zero attached hydrogens (tertiary/aromatic N) is 2. The van der Waals surface area contributed by atoms with Crippen LogP contribution in [0.25, 0.3) is 0 Å². The number of nitrogens with one attached hydrogen (secondary N) is 1. The number of pyridine rings is 1. The Morgan fingerprint density at radius 3 is 2.63 bits per heavy atom. The van der Waals surface area contributed by atoms with Gasteiger partial charge in [0.05, 0.1) is 19.3 Å². The highest BCUT2D eigenvalue weighted by molar-refractivity contribution is 5.93. The standard InChI is InChI=1S/C19H21N3O5/c1-21(19(25)27-11-14-5-3-2-4-6-14)10-17(23)20-15-7-8-22(18(24)9-15)16-12-26-13-16/h2-9,16H,10-13H2,1H3,(H,20,23). The van der Waals surface area contributed by atoms with Crippen molar-refractivity contribution in [2.75, 3.05) is 32.1 Å². The van der Waals surface area contributed by atoms with Gasteiger partial charge in [-0.1, -0.05) is 30.3 Å². The molecule has 2 amide bonds. The Labute approximate surface area is 156 Å². The predicted octanol–water partition coefficient (Wildman–Crippen LogP) is 1.63. The molecule has 0 aliphatic carbocycles. The predicted molar refractivity (Wildman–Crippen MR) is 98.4 cm³/mol. The summed E-state index contributed by atoms with van der Waals surface area (Å²) in [5, 5.41) is 2.61. The maximum absolute atomic E-state index is 12.1. The Morgan fingerprint density at radius 1 is 1.26 bits per heavy atom. The smallest absolute Gasteiger partial charge is 0.410 e. The van der Waals surface area contributed by atoms with Gasteiger partial charge < -0.3 is 24.3 Å². The Morgan fingerprint density at radius 2 is 2.00 bits per heavy atom. The van der Waals surface area contributed by atoms with Gasteiger partial charge in [-0.3, -0.25) is 9.59 Å². The maximum Gasteiger partial charge on any atom is 0.410 e. The summed E-state index contributed by atoms with van der Waals surface area (Å²) in [6.07, 6.45) is 1.03. The average Bonchev–Trinajstić information content (AvgIpc) is 2.61. The first-order chi connectivity index (χ1) is 13.0. The molecule has 0 spiro atoms. The third kappa shape index (κ3) is 4.95. The number of carbonyl (C=O) groups is 2. The molecule has 8 heteroatoms. The fourth-order valence-electron chi connectivity index (χ4n) is 2.56. The minimum Gasteiger partial charge on any atom is -0.445 e. The van der Waals surface area contributed by atoms with E-state index in [1.54, 1.807) is 16.8 Å². The van der Waals surface area contributed by atoms with Gasteiger partial charge in [0.15, 0.2) is 0 Å². The topological polar surface area (TPSA) is 89.9 Å². The number of aromatic nitrogens is 1. The summed E-state index contributed by atoms with van der Waals surface area (Å²) in [4.78, 5) is 37.3. The molecule has 1 saturated heterocycles. The van der Waals surface area contributed by atoms with Crippen molar-refractivity contribution in [2.24, 2.45) is 0 Å². The normalized spacial score (nSPS) is 13.5. The van der Waals surface area contributed by atoms with Gasteiger partial charge in [-0.15, -0.1) is 0 Å². The minimum absolute atomic E-state index is 0.0489. The molecule has 0 saturated carbocycles. The van der Waals surface area contributed by atoms with Crippen LogP contribution in [0.15, 0.2) is 53.5 Å². The molecule has 0 radical (unpaired) electrons. The second kappa shape index (κ2) is 8.50. The van der Waals surface area contributed by atoms with Gasteiger partial charge in [-0.25, -0.2) is 4.79 Å². The van der Waals surface area contributed by atoms with Crippen LogP contribution in [0, 0.1) is 0 Å². The molecule has 2 aromatic rings. The molecule has 1 aromatic carbocycles. The molecule has 142 valence electrons. The summed E-state index contributed by atoms with van der Waals surface area (Å²) in [7, 11) is 1.47. The van der Waals surface area contributed by atoms with Crippen molar-refractivity contribution in [3.05, 3.63) is 64.6 Å². The van der Waals surface area contributed by atoms with E-state index in [9.17, 15) is 14.4 Å². The Hall–Kier alpha value is -3.13. The molecule has 1 N–H and O–H groups in total. The summed E-state index contributed by atoms with van der Waals surface area (Å²) >= 11 is 0. The molecule has 0 bridgehead atoms. The molecule has 8 nitrogen and oxygen atoms in total. The largest absolute Gasteiger partial charge is 0.445 e. The van der Waals surface area contributed by atoms with Gasteiger partial charge in [-0.2, -0.15) is 0 Å². The third-order valence-corrected chi connectivity index (χ3v) is 4.14. The van der Waals surface area contributed by atoms with Crippen LogP contribution in [-0.4, -0.2) is 48.3 Å². The highest BCUT2D eigenvalue weighted by Gasteiger charge is 2.21. The highest BCUT2D eigenvalue weighted by atomic mass is 16.6. The Kier molecular flexibility index (Phi) is 5.87. The van der Waals surface area contributed by atoms with Crippen molar-refractivity contribution in [3.8, 4) is 0 Å². The van der Waals surface area contributed by atoms with Crippen molar-refractivity contribution < 1.29 is 19.1 Å². The lowest BCUT2D eigenvalue weighted by Gasteiger charge is -2.27. The molecule has 2 heterocycles. The van der Waals surface area contributed by atoms with E-state index in [-0.39, 0.29) is 24.8 Å². The van der Waals surface area contributed by atoms with Gasteiger partial charge in [-0.05, 0) is 11.6 Å². The van der Waals surface area contributed by atoms with Crippen molar-refractivity contribution in [3.63, 3.8) is 0 Å². The van der Waals surface area contributed by atoms with E-state index in [0.717, 1.165) is 5.56 Å². The maximum atomic E-state index is 12.1. The average molecular weight is 371 g/mol. The number of rotatable bonds is 6. The third-order valence-electron chi connectivity index (χ3n) is 4.14. The Balaban J connectivity index is 1.48. The molecular formula is C19H21N3O5. The molecule has 1 aliphatic rings. The zero-order chi connectivity index (χ0) is 19.2. The van der Waals surface area contributed by atoms with E-state index < -0.39 is 12.0 Å². The van der Waals surface area contributed by atoms with Crippen LogP contribution in [0.4, 0.5) is 10.5 Å². The minimum atomic E-state index is -0.602. The Bertz CT molecular complexity index is 861. The van der Waals surface area contributed by atoms with Crippen LogP contribution in [0.5, 0.6) is 0 Å². The molecule has 27 heavy (non-hydrogen) atoms. The summed E-state index contributed by atoms with van der Waals surface area (Å²) < 4.78 is 11.8. The number of carbonyl (C=O) groups excluding carboxylic acids is 2. The number of hydrogen-bond acceptors (Lipinski definition) is 5. The first-order valence-electron chi connectivity index (χ1n) is 8.54. The van der Waals surface area contributed by atoms with Crippen molar-refractivity contribution in [2.45, 2.75) is 12.6 Å². The molecule has 3 rings (SSSR count). The lowest BCUT2D eigenvalue weighted by Crippen LogP contribution is -2.37. The van der Waals surface area contributed by atoms with Crippen LogP contribution in [-0.2, 0) is 20.9 Å². The van der Waals surface area contributed by atoms with Crippen LogP contribution >= 0.6 is 0 Å². The fourth-order valence-corrected chi connectivity index (χ4v) is 2.56. The van der Waals surface area contributed by atoms with Gasteiger partial charge in [0.1, 0.15) is 13.2 Å². The van der Waals surface area contributed by atoms with Gasteiger partial charge in [0, 0.05) is 25.0 Å². The van der Waals surface area contributed by atoms with E-state index in [1.807, 2.05) is 30.3 Å². The van der Waals surface area contributed by atoms with Crippen molar-refractivity contribution in [1.29, 1.82) is 0 Å². The van der Waals surface area contributed by atoms with Crippen LogP contribution < -0.4 is 10.9 Å². The number of likely N-dealkylation sites (N-methyl/N-ethyl adjacent to an activating group) is 1. The lowest BCUT2D eigenvalue weighted by molar-refractivity contribution is -0.116. The molecule has 1 aromatic heterocycles. The summed E-state index contributed by atoms with van der Waals surface area (Å²) in [6.45, 7) is 0.977. The first-order valence-corrected chi connectivity index (χ1v) is 8.54. The number of anilines is 1. The van der Waals surface area contributed by atoms with E-state index in [1.165, 1.54) is 18.0 Å². The monoisotopic (exact) mass is 371 g/mol. The summed E-state index contributed by atoms with van der Waals surface area (Å²) in [6, 6.07) is 12.3. The molecule has 0 unspecified atom stereocenters. The van der Waals surface area contributed by atoms with Gasteiger partial charge >= 0.3 is 6.09 Å². The second-order valence-electron chi connectivity index (χ2n) is 6.30. The lowest BCUT2D eigenvalue weighted by atomic mass is 10.2. The van der Waals surface area contributed by atoms with Crippen LogP contribution in [0.3, 0.4) is 0 Å². The fraction of sp³-hybridized carbons (Fsp3) is 0.316. The van der Waals surface area contributed by atoms with Crippen LogP contribution in [0.2, 0.25) is 0 Å². The van der Waals surface area contributed by atoms with E-state index in [0.29, 0.717) is 18.9 Å². The number of amides is 2. The number of hydrogen-bond donors (Lipinski definition) is 1. The zero-order valence-electron chi connectivity index (χ0n) is 15.0. The van der Waals surface area contributed by atoms with Gasteiger partial charge in [0.25, 0.3) is 5.56 Å². The quantitative estimate of drug-likeness (QED) is 0.834. The van der Waals surface area contributed by atoms with Crippen LogP contribution in [0.1, 0.15) is 11.6 Å². The van der Waals surface area contributed by atoms with E-state index in [2.05, 4.69) is 5.32 Å². The zero-order valence-corrected chi connectivity index (χ0v) is 15.0. The van der Waals surface area contributed by atoms with Gasteiger partial charge in [0.2, 0.25) is 5.91 Å². The molecule has 0 atom stereocenters. The summed E-state index contributed by atoms with van der Waals surface area (Å²) in [5.41, 5.74) is 1.03. The van der Waals surface area contributed by atoms with Crippen molar-refractivity contribution in [1.82, 2.24) is 9.47 Å². The molecule has 1 aliphatic heterocycles. The number of benzene rings is 1. The number of ether oxygens (including phenoxy) is 2. The SMILES string of the molecule is CN(CC(=O)Nc1ccn(C2COC2)c(=O)c1)C(=O)OCc1ccccc1.